The van der Waals surface area contributed by atoms with Gasteiger partial charge in [-0.25, -0.2) is 0 Å². The molecule has 2 atom stereocenters. The Labute approximate surface area is 130 Å². The Bertz CT molecular complexity index is 520. The molecule has 1 aromatic rings. The van der Waals surface area contributed by atoms with Gasteiger partial charge < -0.3 is 10.6 Å². The van der Waals surface area contributed by atoms with Crippen molar-refractivity contribution in [3.05, 3.63) is 28.8 Å². The fraction of sp³-hybridized carbons (Fsp3) is 0.562. The Balaban J connectivity index is 1.55. The van der Waals surface area contributed by atoms with Gasteiger partial charge in [0.25, 0.3) is 0 Å². The third-order valence-electron chi connectivity index (χ3n) is 4.44. The number of benzene rings is 1. The Kier molecular flexibility index (Phi) is 4.48. The first-order valence-corrected chi connectivity index (χ1v) is 8.01. The number of piperidine rings is 1. The molecule has 2 saturated heterocycles. The highest BCUT2D eigenvalue weighted by atomic mass is 35.5. The largest absolute Gasteiger partial charge is 0.324 e. The van der Waals surface area contributed by atoms with E-state index >= 15 is 0 Å². The zero-order valence-corrected chi connectivity index (χ0v) is 13.1. The molecule has 0 radical (unpaired) electrons. The van der Waals surface area contributed by atoms with Crippen LogP contribution in [-0.4, -0.2) is 43.0 Å². The van der Waals surface area contributed by atoms with Crippen LogP contribution < -0.4 is 10.6 Å². The molecule has 21 heavy (non-hydrogen) atoms. The Morgan fingerprint density at radius 1 is 1.48 bits per heavy atom. The Morgan fingerprint density at radius 3 is 3.10 bits per heavy atom. The molecule has 0 spiro atoms. The second-order valence-electron chi connectivity index (χ2n) is 6.19. The SMILES string of the molecule is Cc1ccc(NC(=O)CN2C[C@@H]3CCCN[C@@H]3C2)c(Cl)c1. The minimum Gasteiger partial charge on any atom is -0.324 e. The molecular weight excluding hydrogens is 286 g/mol. The van der Waals surface area contributed by atoms with Crippen molar-refractivity contribution in [2.75, 3.05) is 31.5 Å². The molecule has 0 saturated carbocycles. The van der Waals surface area contributed by atoms with Crippen molar-refractivity contribution < 1.29 is 4.79 Å². The van der Waals surface area contributed by atoms with E-state index in [2.05, 4.69) is 15.5 Å². The number of anilines is 1. The van der Waals surface area contributed by atoms with Crippen LogP contribution in [-0.2, 0) is 4.79 Å². The molecule has 2 fully saturated rings. The van der Waals surface area contributed by atoms with Gasteiger partial charge in [0.2, 0.25) is 5.91 Å². The highest BCUT2D eigenvalue weighted by molar-refractivity contribution is 6.33. The fourth-order valence-electron chi connectivity index (χ4n) is 3.38. The summed E-state index contributed by atoms with van der Waals surface area (Å²) in [4.78, 5) is 14.4. The molecule has 3 rings (SSSR count). The lowest BCUT2D eigenvalue weighted by atomic mass is 9.94. The molecule has 4 nitrogen and oxygen atoms in total. The molecule has 2 aliphatic heterocycles. The number of nitrogens with zero attached hydrogens (tertiary/aromatic N) is 1. The summed E-state index contributed by atoms with van der Waals surface area (Å²) in [6.45, 7) is 5.53. The average Bonchev–Trinajstić information content (AvgIpc) is 2.84. The van der Waals surface area contributed by atoms with Gasteiger partial charge in [0.05, 0.1) is 17.3 Å². The maximum Gasteiger partial charge on any atom is 0.238 e. The van der Waals surface area contributed by atoms with Gasteiger partial charge in [-0.15, -0.1) is 0 Å². The fourth-order valence-corrected chi connectivity index (χ4v) is 3.66. The van der Waals surface area contributed by atoms with Gasteiger partial charge in [-0.2, -0.15) is 0 Å². The monoisotopic (exact) mass is 307 g/mol. The zero-order valence-electron chi connectivity index (χ0n) is 12.4. The molecule has 1 amide bonds. The Hall–Kier alpha value is -1.10. The average molecular weight is 308 g/mol. The summed E-state index contributed by atoms with van der Waals surface area (Å²) >= 11 is 6.15. The minimum atomic E-state index is 0.0133. The van der Waals surface area contributed by atoms with Gasteiger partial charge in [0, 0.05) is 19.1 Å². The van der Waals surface area contributed by atoms with Crippen LogP contribution >= 0.6 is 11.6 Å². The smallest absolute Gasteiger partial charge is 0.238 e. The molecule has 0 unspecified atom stereocenters. The summed E-state index contributed by atoms with van der Waals surface area (Å²) in [6.07, 6.45) is 2.53. The van der Waals surface area contributed by atoms with E-state index in [9.17, 15) is 4.79 Å². The lowest BCUT2D eigenvalue weighted by molar-refractivity contribution is -0.117. The van der Waals surface area contributed by atoms with Crippen LogP contribution in [0.15, 0.2) is 18.2 Å². The minimum absolute atomic E-state index is 0.0133. The lowest BCUT2D eigenvalue weighted by Crippen LogP contribution is -2.41. The second kappa shape index (κ2) is 6.34. The van der Waals surface area contributed by atoms with E-state index in [1.165, 1.54) is 12.8 Å². The number of aryl methyl sites for hydroxylation is 1. The van der Waals surface area contributed by atoms with Crippen LogP contribution in [0.2, 0.25) is 5.02 Å². The standard InChI is InChI=1S/C16H22ClN3O/c1-11-4-5-14(13(17)7-11)19-16(21)10-20-8-12-3-2-6-18-15(12)9-20/h4-5,7,12,15,18H,2-3,6,8-10H2,1H3,(H,19,21)/t12-,15+/m0/s1. The number of nitrogens with one attached hydrogen (secondary N) is 2. The molecule has 114 valence electrons. The summed E-state index contributed by atoms with van der Waals surface area (Å²) in [5, 5.41) is 7.06. The topological polar surface area (TPSA) is 44.4 Å². The number of fused-ring (bicyclic) bond motifs is 1. The zero-order chi connectivity index (χ0) is 14.8. The van der Waals surface area contributed by atoms with Gasteiger partial charge in [-0.3, -0.25) is 9.69 Å². The van der Waals surface area contributed by atoms with Gasteiger partial charge >= 0.3 is 0 Å². The van der Waals surface area contributed by atoms with E-state index in [1.807, 2.05) is 25.1 Å². The summed E-state index contributed by atoms with van der Waals surface area (Å²) in [6, 6.07) is 6.25. The molecule has 2 N–H and O–H groups in total. The first-order chi connectivity index (χ1) is 10.1. The highest BCUT2D eigenvalue weighted by Gasteiger charge is 2.34. The molecule has 0 aromatic heterocycles. The van der Waals surface area contributed by atoms with Crippen LogP contribution in [0, 0.1) is 12.8 Å². The number of carbonyl (C=O) groups excluding carboxylic acids is 1. The first kappa shape index (κ1) is 14.8. The van der Waals surface area contributed by atoms with Gasteiger partial charge in [-0.1, -0.05) is 17.7 Å². The number of hydrogen-bond donors (Lipinski definition) is 2. The van der Waals surface area contributed by atoms with Crippen molar-refractivity contribution in [1.29, 1.82) is 0 Å². The van der Waals surface area contributed by atoms with Crippen LogP contribution in [0.3, 0.4) is 0 Å². The van der Waals surface area contributed by atoms with E-state index in [-0.39, 0.29) is 5.91 Å². The van der Waals surface area contributed by atoms with Gasteiger partial charge in [0.15, 0.2) is 0 Å². The highest BCUT2D eigenvalue weighted by Crippen LogP contribution is 2.25. The van der Waals surface area contributed by atoms with Gasteiger partial charge in [0.1, 0.15) is 0 Å². The van der Waals surface area contributed by atoms with Crippen LogP contribution in [0.4, 0.5) is 5.69 Å². The van der Waals surface area contributed by atoms with Crippen molar-refractivity contribution in [2.45, 2.75) is 25.8 Å². The van der Waals surface area contributed by atoms with Crippen LogP contribution in [0.1, 0.15) is 18.4 Å². The van der Waals surface area contributed by atoms with E-state index in [0.717, 1.165) is 25.2 Å². The number of likely N-dealkylation sites (tertiary alicyclic amines) is 1. The number of carbonyl (C=O) groups is 1. The van der Waals surface area contributed by atoms with Crippen molar-refractivity contribution in [3.8, 4) is 0 Å². The summed E-state index contributed by atoms with van der Waals surface area (Å²) < 4.78 is 0. The normalized spacial score (nSPS) is 25.6. The van der Waals surface area contributed by atoms with Crippen molar-refractivity contribution >= 4 is 23.2 Å². The summed E-state index contributed by atoms with van der Waals surface area (Å²) in [5.74, 6) is 0.717. The molecule has 2 aliphatic rings. The second-order valence-corrected chi connectivity index (χ2v) is 6.60. The predicted molar refractivity (Wildman–Crippen MR) is 85.8 cm³/mol. The Morgan fingerprint density at radius 2 is 2.33 bits per heavy atom. The van der Waals surface area contributed by atoms with Crippen molar-refractivity contribution in [1.82, 2.24) is 10.2 Å². The molecule has 0 aliphatic carbocycles. The van der Waals surface area contributed by atoms with Crippen molar-refractivity contribution in [2.24, 2.45) is 5.92 Å². The number of hydrogen-bond acceptors (Lipinski definition) is 3. The summed E-state index contributed by atoms with van der Waals surface area (Å²) in [5.41, 5.74) is 1.79. The maximum absolute atomic E-state index is 12.2. The maximum atomic E-state index is 12.2. The quantitative estimate of drug-likeness (QED) is 0.900. The summed E-state index contributed by atoms with van der Waals surface area (Å²) in [7, 11) is 0. The number of halogens is 1. The third kappa shape index (κ3) is 3.57. The van der Waals surface area contributed by atoms with Gasteiger partial charge in [-0.05, 0) is 49.9 Å². The predicted octanol–water partition coefficient (Wildman–Crippen LogP) is 2.27. The third-order valence-corrected chi connectivity index (χ3v) is 4.75. The van der Waals surface area contributed by atoms with E-state index in [4.69, 9.17) is 11.6 Å². The molecule has 0 bridgehead atoms. The molecule has 1 aromatic carbocycles. The molecule has 2 heterocycles. The lowest BCUT2D eigenvalue weighted by Gasteiger charge is -2.24. The van der Waals surface area contributed by atoms with E-state index in [1.54, 1.807) is 0 Å². The van der Waals surface area contributed by atoms with Crippen LogP contribution in [0.25, 0.3) is 0 Å². The first-order valence-electron chi connectivity index (χ1n) is 7.63. The molecule has 5 heteroatoms. The number of amides is 1. The van der Waals surface area contributed by atoms with E-state index in [0.29, 0.717) is 29.2 Å². The van der Waals surface area contributed by atoms with E-state index < -0.39 is 0 Å². The van der Waals surface area contributed by atoms with Crippen molar-refractivity contribution in [3.63, 3.8) is 0 Å². The van der Waals surface area contributed by atoms with Crippen LogP contribution in [0.5, 0.6) is 0 Å². The molecular formula is C16H22ClN3O. The number of rotatable bonds is 3.